The molecule has 2 amide bonds. The monoisotopic (exact) mass is 334 g/mol. The summed E-state index contributed by atoms with van der Waals surface area (Å²) in [6.45, 7) is 2.05. The molecule has 1 N–H and O–H groups in total. The lowest BCUT2D eigenvalue weighted by atomic mass is 9.96. The smallest absolute Gasteiger partial charge is 0.228 e. The van der Waals surface area contributed by atoms with Crippen LogP contribution in [0.1, 0.15) is 36.2 Å². The molecular weight excluding hydrogens is 308 g/mol. The van der Waals surface area contributed by atoms with Crippen molar-refractivity contribution in [3.8, 4) is 0 Å². The Balaban J connectivity index is 1.59. The van der Waals surface area contributed by atoms with Gasteiger partial charge in [0.15, 0.2) is 0 Å². The van der Waals surface area contributed by atoms with E-state index in [9.17, 15) is 9.59 Å². The van der Waals surface area contributed by atoms with E-state index in [1.165, 1.54) is 24.1 Å². The molecule has 0 saturated carbocycles. The predicted octanol–water partition coefficient (Wildman–Crippen LogP) is 0.742. The molecule has 1 aromatic rings. The van der Waals surface area contributed by atoms with E-state index in [1.54, 1.807) is 24.0 Å². The quantitative estimate of drug-likeness (QED) is 0.832. The van der Waals surface area contributed by atoms with Crippen LogP contribution in [0.5, 0.6) is 0 Å². The number of nitrogens with zero attached hydrogens (tertiary/aromatic N) is 3. The van der Waals surface area contributed by atoms with Crippen molar-refractivity contribution >= 4 is 11.8 Å². The summed E-state index contributed by atoms with van der Waals surface area (Å²) in [5, 5.41) is 7.52. The highest BCUT2D eigenvalue weighted by Crippen LogP contribution is 2.24. The molecule has 7 nitrogen and oxygen atoms in total. The molecule has 7 heteroatoms. The molecular formula is C17H26N4O3. The number of methoxy groups -OCH3 is 1. The second-order valence-electron chi connectivity index (χ2n) is 6.76. The molecule has 1 aromatic heterocycles. The van der Waals surface area contributed by atoms with Crippen LogP contribution in [0.15, 0.2) is 0 Å². The lowest BCUT2D eigenvalue weighted by molar-refractivity contribution is -0.135. The largest absolute Gasteiger partial charge is 0.383 e. The molecule has 2 aliphatic rings. The van der Waals surface area contributed by atoms with Crippen LogP contribution in [0.4, 0.5) is 0 Å². The third kappa shape index (κ3) is 3.45. The molecule has 132 valence electrons. The van der Waals surface area contributed by atoms with Gasteiger partial charge in [0.1, 0.15) is 0 Å². The number of likely N-dealkylation sites (tertiary alicyclic amines) is 1. The number of aromatic nitrogens is 2. The highest BCUT2D eigenvalue weighted by Gasteiger charge is 2.35. The first-order valence-electron chi connectivity index (χ1n) is 8.66. The molecule has 24 heavy (non-hydrogen) atoms. The van der Waals surface area contributed by atoms with Gasteiger partial charge >= 0.3 is 0 Å². The zero-order valence-electron chi connectivity index (χ0n) is 14.5. The number of aryl methyl sites for hydroxylation is 1. The van der Waals surface area contributed by atoms with E-state index in [4.69, 9.17) is 4.74 Å². The number of carbonyl (C=O) groups excluding carboxylic acids is 2. The SMILES string of the molecule is COCCN1CC(C(=O)N(C)Cc2n[nH]c3c2CCCC3)CC1=O. The Kier molecular flexibility index (Phi) is 5.18. The van der Waals surface area contributed by atoms with Crippen LogP contribution >= 0.6 is 0 Å². The van der Waals surface area contributed by atoms with Crippen LogP contribution in [0.25, 0.3) is 0 Å². The Morgan fingerprint density at radius 2 is 2.21 bits per heavy atom. The average Bonchev–Trinajstić information content (AvgIpc) is 3.16. The number of amides is 2. The number of aromatic amines is 1. The molecule has 0 aromatic carbocycles. The van der Waals surface area contributed by atoms with E-state index < -0.39 is 0 Å². The number of fused-ring (bicyclic) bond motifs is 1. The summed E-state index contributed by atoms with van der Waals surface area (Å²) < 4.78 is 5.02. The van der Waals surface area contributed by atoms with Gasteiger partial charge in [0.25, 0.3) is 0 Å². The van der Waals surface area contributed by atoms with E-state index in [2.05, 4.69) is 10.2 Å². The van der Waals surface area contributed by atoms with Gasteiger partial charge in [-0.05, 0) is 31.2 Å². The molecule has 2 heterocycles. The highest BCUT2D eigenvalue weighted by atomic mass is 16.5. The van der Waals surface area contributed by atoms with Crippen molar-refractivity contribution in [2.24, 2.45) is 5.92 Å². The standard InChI is InChI=1S/C17H26N4O3/c1-20(11-15-13-5-3-4-6-14(13)18-19-15)17(23)12-9-16(22)21(10-12)7-8-24-2/h12H,3-11H2,1-2H3,(H,18,19). The van der Waals surface area contributed by atoms with Crippen molar-refractivity contribution in [1.29, 1.82) is 0 Å². The summed E-state index contributed by atoms with van der Waals surface area (Å²) in [5.41, 5.74) is 3.48. The number of nitrogens with one attached hydrogen (secondary N) is 1. The van der Waals surface area contributed by atoms with Crippen LogP contribution < -0.4 is 0 Å². The maximum absolute atomic E-state index is 12.7. The fraction of sp³-hybridized carbons (Fsp3) is 0.706. The lowest BCUT2D eigenvalue weighted by Crippen LogP contribution is -2.35. The third-order valence-corrected chi connectivity index (χ3v) is 5.03. The Labute approximate surface area is 142 Å². The fourth-order valence-corrected chi connectivity index (χ4v) is 3.65. The van der Waals surface area contributed by atoms with Crippen LogP contribution in [0, 0.1) is 5.92 Å². The minimum absolute atomic E-state index is 0.0239. The molecule has 1 aliphatic carbocycles. The van der Waals surface area contributed by atoms with Crippen LogP contribution in [0.3, 0.4) is 0 Å². The van der Waals surface area contributed by atoms with Crippen molar-refractivity contribution < 1.29 is 14.3 Å². The highest BCUT2D eigenvalue weighted by molar-refractivity contribution is 5.89. The summed E-state index contributed by atoms with van der Waals surface area (Å²) in [5.74, 6) is -0.194. The lowest BCUT2D eigenvalue weighted by Gasteiger charge is -2.21. The summed E-state index contributed by atoms with van der Waals surface area (Å²) in [6.07, 6.45) is 4.76. The molecule has 0 radical (unpaired) electrons. The summed E-state index contributed by atoms with van der Waals surface area (Å²) >= 11 is 0. The van der Waals surface area contributed by atoms with Crippen LogP contribution in [-0.4, -0.2) is 65.7 Å². The topological polar surface area (TPSA) is 78.5 Å². The van der Waals surface area contributed by atoms with E-state index in [-0.39, 0.29) is 17.7 Å². The molecule has 1 atom stereocenters. The average molecular weight is 334 g/mol. The third-order valence-electron chi connectivity index (χ3n) is 5.03. The van der Waals surface area contributed by atoms with Gasteiger partial charge in [0.05, 0.1) is 24.8 Å². The maximum Gasteiger partial charge on any atom is 0.228 e. The Morgan fingerprint density at radius 1 is 1.42 bits per heavy atom. The van der Waals surface area contributed by atoms with E-state index in [1.807, 2.05) is 0 Å². The van der Waals surface area contributed by atoms with Gasteiger partial charge in [-0.15, -0.1) is 0 Å². The van der Waals surface area contributed by atoms with Gasteiger partial charge in [-0.1, -0.05) is 0 Å². The van der Waals surface area contributed by atoms with E-state index >= 15 is 0 Å². The molecule has 0 bridgehead atoms. The minimum atomic E-state index is -0.255. The van der Waals surface area contributed by atoms with Crippen LogP contribution in [-0.2, 0) is 33.7 Å². The summed E-state index contributed by atoms with van der Waals surface area (Å²) in [6, 6.07) is 0. The first-order chi connectivity index (χ1) is 11.6. The van der Waals surface area contributed by atoms with Gasteiger partial charge in [0.2, 0.25) is 11.8 Å². The number of hydrogen-bond donors (Lipinski definition) is 1. The van der Waals surface area contributed by atoms with E-state index in [0.717, 1.165) is 18.5 Å². The van der Waals surface area contributed by atoms with E-state index in [0.29, 0.717) is 32.7 Å². The molecule has 3 rings (SSSR count). The summed E-state index contributed by atoms with van der Waals surface area (Å²) in [7, 11) is 3.41. The van der Waals surface area contributed by atoms with Crippen molar-refractivity contribution in [1.82, 2.24) is 20.0 Å². The van der Waals surface area contributed by atoms with Crippen molar-refractivity contribution in [3.05, 3.63) is 17.0 Å². The predicted molar refractivity (Wildman–Crippen MR) is 88.3 cm³/mol. The maximum atomic E-state index is 12.7. The van der Waals surface area contributed by atoms with Gasteiger partial charge in [-0.25, -0.2) is 0 Å². The van der Waals surface area contributed by atoms with Gasteiger partial charge in [-0.3, -0.25) is 14.7 Å². The Hall–Kier alpha value is -1.89. The van der Waals surface area contributed by atoms with Gasteiger partial charge in [-0.2, -0.15) is 5.10 Å². The number of H-pyrrole nitrogens is 1. The van der Waals surface area contributed by atoms with Crippen molar-refractivity contribution in [2.75, 3.05) is 33.9 Å². The summed E-state index contributed by atoms with van der Waals surface area (Å²) in [4.78, 5) is 28.1. The Bertz CT molecular complexity index is 613. The first-order valence-corrected chi connectivity index (χ1v) is 8.66. The molecule has 1 fully saturated rings. The molecule has 1 unspecified atom stereocenters. The minimum Gasteiger partial charge on any atom is -0.383 e. The van der Waals surface area contributed by atoms with Crippen molar-refractivity contribution in [3.63, 3.8) is 0 Å². The zero-order valence-corrected chi connectivity index (χ0v) is 14.5. The number of hydrogen-bond acceptors (Lipinski definition) is 4. The molecule has 1 saturated heterocycles. The second-order valence-corrected chi connectivity index (χ2v) is 6.76. The number of ether oxygens (including phenoxy) is 1. The number of carbonyl (C=O) groups is 2. The van der Waals surface area contributed by atoms with Crippen LogP contribution in [0.2, 0.25) is 0 Å². The molecule has 0 spiro atoms. The van der Waals surface area contributed by atoms with Gasteiger partial charge in [0, 0.05) is 39.4 Å². The first kappa shape index (κ1) is 17.0. The zero-order chi connectivity index (χ0) is 17.1. The van der Waals surface area contributed by atoms with Crippen molar-refractivity contribution in [2.45, 2.75) is 38.6 Å². The number of rotatable bonds is 6. The van der Waals surface area contributed by atoms with Gasteiger partial charge < -0.3 is 14.5 Å². The fourth-order valence-electron chi connectivity index (χ4n) is 3.65. The Morgan fingerprint density at radius 3 is 3.00 bits per heavy atom. The normalized spacial score (nSPS) is 20.3. The molecule has 1 aliphatic heterocycles. The second kappa shape index (κ2) is 7.34.